The molecule has 5 rings (SSSR count). The van der Waals surface area contributed by atoms with E-state index in [2.05, 4.69) is 16.7 Å². The van der Waals surface area contributed by atoms with E-state index in [0.717, 1.165) is 57.8 Å². The molecule has 1 aromatic rings. The van der Waals surface area contributed by atoms with Crippen molar-refractivity contribution in [2.75, 3.05) is 52.4 Å². The Morgan fingerprint density at radius 3 is 1.76 bits per heavy atom. The summed E-state index contributed by atoms with van der Waals surface area (Å²) in [5.41, 5.74) is 1.31. The molecule has 0 aliphatic carbocycles. The van der Waals surface area contributed by atoms with E-state index in [1.54, 1.807) is 0 Å². The molecule has 4 aliphatic rings. The van der Waals surface area contributed by atoms with E-state index in [0.29, 0.717) is 23.2 Å². The van der Waals surface area contributed by atoms with Gasteiger partial charge in [-0.1, -0.05) is 19.4 Å². The molecular formula is C28H42N4O2. The van der Waals surface area contributed by atoms with Crippen molar-refractivity contribution in [2.45, 2.75) is 70.4 Å². The van der Waals surface area contributed by atoms with Crippen LogP contribution in [0.25, 0.3) is 0 Å². The normalized spacial score (nSPS) is 25.9. The highest BCUT2D eigenvalue weighted by atomic mass is 16.2. The van der Waals surface area contributed by atoms with Crippen molar-refractivity contribution in [2.24, 2.45) is 5.92 Å². The first-order chi connectivity index (χ1) is 16.6. The molecule has 4 heterocycles. The average Bonchev–Trinajstić information content (AvgIpc) is 3.61. The minimum Gasteiger partial charge on any atom is -0.339 e. The zero-order chi connectivity index (χ0) is 23.5. The van der Waals surface area contributed by atoms with Crippen molar-refractivity contribution in [1.29, 1.82) is 0 Å². The van der Waals surface area contributed by atoms with Crippen LogP contribution in [0.4, 0.5) is 0 Å². The molecule has 34 heavy (non-hydrogen) atoms. The van der Waals surface area contributed by atoms with Crippen LogP contribution in [0.5, 0.6) is 0 Å². The Labute approximate surface area is 205 Å². The molecule has 0 spiro atoms. The molecule has 4 aliphatic heterocycles. The van der Waals surface area contributed by atoms with Crippen molar-refractivity contribution in [3.63, 3.8) is 0 Å². The number of benzene rings is 1. The number of rotatable bonds is 5. The lowest BCUT2D eigenvalue weighted by atomic mass is 10.0. The molecular weight excluding hydrogens is 424 g/mol. The molecule has 4 fully saturated rings. The van der Waals surface area contributed by atoms with E-state index < -0.39 is 0 Å². The predicted octanol–water partition coefficient (Wildman–Crippen LogP) is 3.72. The molecule has 1 unspecified atom stereocenters. The lowest BCUT2D eigenvalue weighted by Gasteiger charge is -2.37. The first-order valence-corrected chi connectivity index (χ1v) is 13.8. The summed E-state index contributed by atoms with van der Waals surface area (Å²) in [5, 5.41) is 0. The fourth-order valence-corrected chi connectivity index (χ4v) is 6.65. The molecule has 186 valence electrons. The Balaban J connectivity index is 1.14. The molecule has 1 aromatic carbocycles. The standard InChI is InChI=1S/C28H42N4O2/c1-2-22-8-15-32(21-22)26-11-18-31(19-12-26)28(34)24-7-5-6-23(20-24)27(33)30-16-9-25(10-17-30)29-13-3-4-14-29/h5-7,20,22,25-26H,2-4,8-19,21H2,1H3. The lowest BCUT2D eigenvalue weighted by Crippen LogP contribution is -2.46. The summed E-state index contributed by atoms with van der Waals surface area (Å²) in [6.45, 7) is 10.5. The Morgan fingerprint density at radius 2 is 1.26 bits per heavy atom. The first kappa shape index (κ1) is 23.8. The van der Waals surface area contributed by atoms with Crippen molar-refractivity contribution in [1.82, 2.24) is 19.6 Å². The number of carbonyl (C=O) groups excluding carboxylic acids is 2. The highest BCUT2D eigenvalue weighted by Crippen LogP contribution is 2.27. The topological polar surface area (TPSA) is 47.1 Å². The third-order valence-corrected chi connectivity index (χ3v) is 8.93. The lowest BCUT2D eigenvalue weighted by molar-refractivity contribution is 0.0640. The van der Waals surface area contributed by atoms with Crippen LogP contribution < -0.4 is 0 Å². The smallest absolute Gasteiger partial charge is 0.253 e. The second kappa shape index (κ2) is 10.8. The van der Waals surface area contributed by atoms with Crippen molar-refractivity contribution < 1.29 is 9.59 Å². The van der Waals surface area contributed by atoms with E-state index in [9.17, 15) is 9.59 Å². The zero-order valence-electron chi connectivity index (χ0n) is 21.0. The second-order valence-electron chi connectivity index (χ2n) is 10.9. The third kappa shape index (κ3) is 5.18. The van der Waals surface area contributed by atoms with Gasteiger partial charge in [0.15, 0.2) is 0 Å². The third-order valence-electron chi connectivity index (χ3n) is 8.93. The summed E-state index contributed by atoms with van der Waals surface area (Å²) in [7, 11) is 0. The van der Waals surface area contributed by atoms with Crippen LogP contribution in [0.3, 0.4) is 0 Å². The van der Waals surface area contributed by atoms with Crippen molar-refractivity contribution >= 4 is 11.8 Å². The molecule has 2 amide bonds. The fourth-order valence-electron chi connectivity index (χ4n) is 6.65. The second-order valence-corrected chi connectivity index (χ2v) is 10.9. The van der Waals surface area contributed by atoms with Gasteiger partial charge >= 0.3 is 0 Å². The van der Waals surface area contributed by atoms with Gasteiger partial charge in [-0.05, 0) is 88.7 Å². The van der Waals surface area contributed by atoms with Crippen LogP contribution in [0, 0.1) is 5.92 Å². The Morgan fingerprint density at radius 1 is 0.735 bits per heavy atom. The monoisotopic (exact) mass is 466 g/mol. The van der Waals surface area contributed by atoms with Crippen LogP contribution in [0.15, 0.2) is 24.3 Å². The van der Waals surface area contributed by atoms with Gasteiger partial charge in [0.05, 0.1) is 0 Å². The number of hydrogen-bond acceptors (Lipinski definition) is 4. The summed E-state index contributed by atoms with van der Waals surface area (Å²) >= 11 is 0. The summed E-state index contributed by atoms with van der Waals surface area (Å²) in [5.74, 6) is 1.01. The van der Waals surface area contributed by atoms with Gasteiger partial charge in [-0.3, -0.25) is 14.5 Å². The van der Waals surface area contributed by atoms with Crippen molar-refractivity contribution in [3.8, 4) is 0 Å². The summed E-state index contributed by atoms with van der Waals surface area (Å²) in [6, 6.07) is 8.70. The predicted molar refractivity (Wildman–Crippen MR) is 135 cm³/mol. The van der Waals surface area contributed by atoms with Crippen molar-refractivity contribution in [3.05, 3.63) is 35.4 Å². The van der Waals surface area contributed by atoms with Crippen LogP contribution in [-0.4, -0.2) is 95.9 Å². The Kier molecular flexibility index (Phi) is 7.55. The quantitative estimate of drug-likeness (QED) is 0.664. The number of likely N-dealkylation sites (tertiary alicyclic amines) is 4. The highest BCUT2D eigenvalue weighted by Gasteiger charge is 2.32. The minimum atomic E-state index is 0.0766. The molecule has 0 saturated carbocycles. The van der Waals surface area contributed by atoms with Gasteiger partial charge in [0.25, 0.3) is 11.8 Å². The number of hydrogen-bond donors (Lipinski definition) is 0. The number of piperidine rings is 2. The van der Waals surface area contributed by atoms with E-state index in [4.69, 9.17) is 0 Å². The largest absolute Gasteiger partial charge is 0.339 e. The van der Waals surface area contributed by atoms with E-state index in [-0.39, 0.29) is 11.8 Å². The maximum absolute atomic E-state index is 13.2. The molecule has 0 aromatic heterocycles. The SMILES string of the molecule is CCC1CCN(C2CCN(C(=O)c3cccc(C(=O)N4CCC(N5CCCC5)CC4)c3)CC2)C1. The number of carbonyl (C=O) groups is 2. The number of nitrogens with zero attached hydrogens (tertiary/aromatic N) is 4. The van der Waals surface area contributed by atoms with E-state index >= 15 is 0 Å². The van der Waals surface area contributed by atoms with Gasteiger partial charge in [0.1, 0.15) is 0 Å². The molecule has 1 atom stereocenters. The van der Waals surface area contributed by atoms with E-state index in [1.807, 2.05) is 34.1 Å². The van der Waals surface area contributed by atoms with Gasteiger partial charge < -0.3 is 14.7 Å². The van der Waals surface area contributed by atoms with Crippen LogP contribution >= 0.6 is 0 Å². The number of amides is 2. The van der Waals surface area contributed by atoms with Gasteiger partial charge in [0.2, 0.25) is 0 Å². The molecule has 0 bridgehead atoms. The summed E-state index contributed by atoms with van der Waals surface area (Å²) in [6.07, 6.45) is 9.49. The van der Waals surface area contributed by atoms with Gasteiger partial charge in [-0.15, -0.1) is 0 Å². The first-order valence-electron chi connectivity index (χ1n) is 13.8. The maximum Gasteiger partial charge on any atom is 0.253 e. The maximum atomic E-state index is 13.2. The summed E-state index contributed by atoms with van der Waals surface area (Å²) < 4.78 is 0. The van der Waals surface area contributed by atoms with Gasteiger partial charge in [0, 0.05) is 55.9 Å². The molecule has 0 N–H and O–H groups in total. The Bertz CT molecular complexity index is 852. The zero-order valence-corrected chi connectivity index (χ0v) is 21.0. The molecule has 6 heteroatoms. The van der Waals surface area contributed by atoms with Crippen LogP contribution in [0.1, 0.15) is 79.0 Å². The van der Waals surface area contributed by atoms with Crippen LogP contribution in [-0.2, 0) is 0 Å². The average molecular weight is 467 g/mol. The van der Waals surface area contributed by atoms with E-state index in [1.165, 1.54) is 51.9 Å². The van der Waals surface area contributed by atoms with Crippen LogP contribution in [0.2, 0.25) is 0 Å². The molecule has 4 saturated heterocycles. The minimum absolute atomic E-state index is 0.0766. The Hall–Kier alpha value is -1.92. The van der Waals surface area contributed by atoms with Gasteiger partial charge in [-0.25, -0.2) is 0 Å². The highest BCUT2D eigenvalue weighted by molar-refractivity contribution is 5.99. The fraction of sp³-hybridized carbons (Fsp3) is 0.714. The summed E-state index contributed by atoms with van der Waals surface area (Å²) in [4.78, 5) is 35.7. The van der Waals surface area contributed by atoms with Gasteiger partial charge in [-0.2, -0.15) is 0 Å². The molecule has 6 nitrogen and oxygen atoms in total. The molecule has 0 radical (unpaired) electrons.